The first-order chi connectivity index (χ1) is 9.02. The van der Waals surface area contributed by atoms with Crippen molar-refractivity contribution >= 4 is 11.9 Å². The molecule has 0 atom stereocenters. The molecule has 8 nitrogen and oxygen atoms in total. The number of methoxy groups -OCH3 is 1. The molecule has 8 heteroatoms. The van der Waals surface area contributed by atoms with Crippen molar-refractivity contribution in [1.82, 2.24) is 20.1 Å². The lowest BCUT2D eigenvalue weighted by molar-refractivity contribution is -0.144. The topological polar surface area (TPSA) is 108 Å². The van der Waals surface area contributed by atoms with Crippen LogP contribution in [0.3, 0.4) is 0 Å². The average molecular weight is 270 g/mol. The zero-order valence-corrected chi connectivity index (χ0v) is 11.0. The normalized spacial score (nSPS) is 10.4. The second kappa shape index (κ2) is 7.47. The van der Waals surface area contributed by atoms with E-state index in [0.717, 1.165) is 0 Å². The second-order valence-electron chi connectivity index (χ2n) is 4.04. The first kappa shape index (κ1) is 15.1. The summed E-state index contributed by atoms with van der Waals surface area (Å²) in [6.07, 6.45) is 0.556. The molecule has 0 radical (unpaired) electrons. The predicted octanol–water partition coefficient (Wildman–Crippen LogP) is -0.395. The Morgan fingerprint density at radius 1 is 1.47 bits per heavy atom. The van der Waals surface area contributed by atoms with Crippen LogP contribution in [0.5, 0.6) is 0 Å². The quantitative estimate of drug-likeness (QED) is 0.665. The molecule has 0 aliphatic heterocycles. The Morgan fingerprint density at radius 3 is 2.74 bits per heavy atom. The highest BCUT2D eigenvalue weighted by Gasteiger charge is 2.17. The van der Waals surface area contributed by atoms with Crippen molar-refractivity contribution < 1.29 is 19.4 Å². The molecule has 0 saturated carbocycles. The number of hydrogen-bond acceptors (Lipinski definition) is 5. The highest BCUT2D eigenvalue weighted by molar-refractivity contribution is 5.81. The summed E-state index contributed by atoms with van der Waals surface area (Å²) < 4.78 is 4.85. The average Bonchev–Trinajstić information content (AvgIpc) is 2.77. The Labute approximate surface area is 110 Å². The summed E-state index contributed by atoms with van der Waals surface area (Å²) in [4.78, 5) is 27.9. The lowest BCUT2D eigenvalue weighted by Gasteiger charge is -2.19. The number of ether oxygens (including phenoxy) is 1. The maximum atomic E-state index is 11.9. The molecule has 0 aliphatic rings. The molecule has 0 unspecified atom stereocenters. The number of carbonyl (C=O) groups is 2. The number of aromatic amines is 1. The van der Waals surface area contributed by atoms with Gasteiger partial charge in [0.2, 0.25) is 5.91 Å². The Balaban J connectivity index is 2.48. The molecular formula is C11H18N4O4. The Bertz CT molecular complexity index is 432. The van der Waals surface area contributed by atoms with Gasteiger partial charge in [0, 0.05) is 26.5 Å². The molecule has 1 rings (SSSR count). The minimum absolute atomic E-state index is 0.175. The third kappa shape index (κ3) is 5.47. The first-order valence-corrected chi connectivity index (χ1v) is 5.89. The van der Waals surface area contributed by atoms with Gasteiger partial charge in [-0.3, -0.25) is 14.7 Å². The summed E-state index contributed by atoms with van der Waals surface area (Å²) in [5.41, 5.74) is 0. The summed E-state index contributed by atoms with van der Waals surface area (Å²) in [6.45, 7) is 2.01. The van der Waals surface area contributed by atoms with E-state index in [9.17, 15) is 9.59 Å². The van der Waals surface area contributed by atoms with E-state index >= 15 is 0 Å². The van der Waals surface area contributed by atoms with Crippen LogP contribution in [-0.2, 0) is 20.7 Å². The van der Waals surface area contributed by atoms with Gasteiger partial charge < -0.3 is 14.7 Å². The monoisotopic (exact) mass is 270 g/mol. The number of amides is 1. The summed E-state index contributed by atoms with van der Waals surface area (Å²) in [5, 5.41) is 15.4. The summed E-state index contributed by atoms with van der Waals surface area (Å²) in [7, 11) is 1.50. The minimum atomic E-state index is -1.04. The third-order valence-electron chi connectivity index (χ3n) is 2.45. The number of carboxylic acids is 1. The van der Waals surface area contributed by atoms with Gasteiger partial charge in [-0.1, -0.05) is 0 Å². The predicted molar refractivity (Wildman–Crippen MR) is 65.5 cm³/mol. The molecular weight excluding hydrogens is 252 g/mol. The van der Waals surface area contributed by atoms with Crippen LogP contribution in [0.4, 0.5) is 0 Å². The smallest absolute Gasteiger partial charge is 0.323 e. The molecule has 19 heavy (non-hydrogen) atoms. The van der Waals surface area contributed by atoms with E-state index in [1.807, 2.05) is 0 Å². The van der Waals surface area contributed by atoms with E-state index in [1.165, 1.54) is 12.0 Å². The maximum Gasteiger partial charge on any atom is 0.323 e. The molecule has 0 spiro atoms. The van der Waals surface area contributed by atoms with Crippen LogP contribution < -0.4 is 0 Å². The van der Waals surface area contributed by atoms with Crippen molar-refractivity contribution in [2.45, 2.75) is 19.8 Å². The van der Waals surface area contributed by atoms with Gasteiger partial charge in [0.05, 0.1) is 6.61 Å². The number of carboxylic acid groups (broad SMARTS) is 1. The molecule has 1 aromatic heterocycles. The van der Waals surface area contributed by atoms with E-state index in [1.54, 1.807) is 6.92 Å². The van der Waals surface area contributed by atoms with Crippen LogP contribution in [0.15, 0.2) is 0 Å². The van der Waals surface area contributed by atoms with Crippen molar-refractivity contribution in [1.29, 1.82) is 0 Å². The van der Waals surface area contributed by atoms with E-state index in [2.05, 4.69) is 15.2 Å². The molecule has 0 fully saturated rings. The van der Waals surface area contributed by atoms with Gasteiger partial charge in [0.25, 0.3) is 0 Å². The summed E-state index contributed by atoms with van der Waals surface area (Å²) >= 11 is 0. The number of aromatic nitrogens is 3. The van der Waals surface area contributed by atoms with Crippen LogP contribution in [-0.4, -0.2) is 63.9 Å². The number of H-pyrrole nitrogens is 1. The Hall–Kier alpha value is -1.96. The lowest BCUT2D eigenvalue weighted by atomic mass is 10.2. The number of rotatable bonds is 8. The third-order valence-corrected chi connectivity index (χ3v) is 2.45. The molecule has 106 valence electrons. The molecule has 1 amide bonds. The highest BCUT2D eigenvalue weighted by atomic mass is 16.5. The van der Waals surface area contributed by atoms with Gasteiger partial charge >= 0.3 is 5.97 Å². The largest absolute Gasteiger partial charge is 0.480 e. The van der Waals surface area contributed by atoms with Crippen LogP contribution >= 0.6 is 0 Å². The fourth-order valence-electron chi connectivity index (χ4n) is 1.53. The van der Waals surface area contributed by atoms with E-state index < -0.39 is 5.97 Å². The standard InChI is InChI=1S/C11H18N4O4/c1-8-12-9(14-13-8)3-4-10(16)15(5-6-19-2)7-11(17)18/h3-7H2,1-2H3,(H,17,18)(H,12,13,14). The van der Waals surface area contributed by atoms with Gasteiger partial charge in [0.15, 0.2) is 5.82 Å². The Kier molecular flexibility index (Phi) is 5.94. The van der Waals surface area contributed by atoms with Gasteiger partial charge in [-0.25, -0.2) is 4.98 Å². The molecule has 1 heterocycles. The van der Waals surface area contributed by atoms with E-state index in [4.69, 9.17) is 9.84 Å². The second-order valence-corrected chi connectivity index (χ2v) is 4.04. The van der Waals surface area contributed by atoms with Crippen LogP contribution in [0, 0.1) is 6.92 Å². The van der Waals surface area contributed by atoms with Gasteiger partial charge in [0.1, 0.15) is 12.4 Å². The van der Waals surface area contributed by atoms with Gasteiger partial charge in [-0.05, 0) is 6.92 Å². The molecule has 0 bridgehead atoms. The lowest BCUT2D eigenvalue weighted by Crippen LogP contribution is -2.38. The fourth-order valence-corrected chi connectivity index (χ4v) is 1.53. The van der Waals surface area contributed by atoms with Crippen molar-refractivity contribution in [3.05, 3.63) is 11.6 Å². The number of nitrogens with zero attached hydrogens (tertiary/aromatic N) is 3. The van der Waals surface area contributed by atoms with Crippen LogP contribution in [0.25, 0.3) is 0 Å². The van der Waals surface area contributed by atoms with Crippen LogP contribution in [0.2, 0.25) is 0 Å². The minimum Gasteiger partial charge on any atom is -0.480 e. The molecule has 0 saturated heterocycles. The SMILES string of the molecule is COCCN(CC(=O)O)C(=O)CCc1n[nH]c(C)n1. The van der Waals surface area contributed by atoms with Gasteiger partial charge in [-0.15, -0.1) is 0 Å². The molecule has 0 aromatic carbocycles. The van der Waals surface area contributed by atoms with Crippen molar-refractivity contribution in [2.24, 2.45) is 0 Å². The number of hydrogen-bond donors (Lipinski definition) is 2. The molecule has 2 N–H and O–H groups in total. The van der Waals surface area contributed by atoms with E-state index in [0.29, 0.717) is 24.7 Å². The van der Waals surface area contributed by atoms with Crippen molar-refractivity contribution in [3.8, 4) is 0 Å². The number of aryl methyl sites for hydroxylation is 2. The number of carbonyl (C=O) groups excluding carboxylic acids is 1. The van der Waals surface area contributed by atoms with E-state index in [-0.39, 0.29) is 25.4 Å². The maximum absolute atomic E-state index is 11.9. The summed E-state index contributed by atoms with van der Waals surface area (Å²) in [5.74, 6) is -0.0582. The fraction of sp³-hybridized carbons (Fsp3) is 0.636. The van der Waals surface area contributed by atoms with Crippen molar-refractivity contribution in [3.63, 3.8) is 0 Å². The summed E-state index contributed by atoms with van der Waals surface area (Å²) in [6, 6.07) is 0. The zero-order chi connectivity index (χ0) is 14.3. The highest BCUT2D eigenvalue weighted by Crippen LogP contribution is 2.01. The first-order valence-electron chi connectivity index (χ1n) is 5.89. The number of nitrogens with one attached hydrogen (secondary N) is 1. The van der Waals surface area contributed by atoms with Crippen LogP contribution in [0.1, 0.15) is 18.1 Å². The zero-order valence-electron chi connectivity index (χ0n) is 11.0. The van der Waals surface area contributed by atoms with Gasteiger partial charge in [-0.2, -0.15) is 5.10 Å². The molecule has 1 aromatic rings. The Morgan fingerprint density at radius 2 is 2.21 bits per heavy atom. The van der Waals surface area contributed by atoms with Crippen molar-refractivity contribution in [2.75, 3.05) is 26.8 Å². The number of aliphatic carboxylic acids is 1. The molecule has 0 aliphatic carbocycles.